The van der Waals surface area contributed by atoms with E-state index in [1.54, 1.807) is 7.05 Å². The lowest BCUT2D eigenvalue weighted by atomic mass is 9.84. The highest BCUT2D eigenvalue weighted by molar-refractivity contribution is 6.01. The highest BCUT2D eigenvalue weighted by atomic mass is 16.7. The van der Waals surface area contributed by atoms with Crippen molar-refractivity contribution in [2.45, 2.75) is 38.2 Å². The third-order valence-electron chi connectivity index (χ3n) is 6.63. The topological polar surface area (TPSA) is 56.6 Å². The summed E-state index contributed by atoms with van der Waals surface area (Å²) in [6, 6.07) is 10.5. The van der Waals surface area contributed by atoms with E-state index in [1.807, 2.05) is 24.6 Å². The number of ether oxygens (including phenoxy) is 1. The van der Waals surface area contributed by atoms with Gasteiger partial charge in [-0.2, -0.15) is 0 Å². The van der Waals surface area contributed by atoms with Crippen LogP contribution in [0.5, 0.6) is 5.75 Å². The van der Waals surface area contributed by atoms with Crippen molar-refractivity contribution in [1.29, 1.82) is 0 Å². The standard InChI is InChI=1S/C23H25N3O3/c1-14-24-20-19(25(14)2)13-17(22(27)26(3)28-4)16-10-12-23(29-21(16)20)11-9-15-7-5-6-8-18(15)23/h5-8,13H,9-12H2,1-4H3. The summed E-state index contributed by atoms with van der Waals surface area (Å²) in [6.07, 6.45) is 3.59. The lowest BCUT2D eigenvalue weighted by Gasteiger charge is -2.37. The molecule has 6 heteroatoms. The van der Waals surface area contributed by atoms with Gasteiger partial charge >= 0.3 is 0 Å². The van der Waals surface area contributed by atoms with E-state index in [4.69, 9.17) is 14.6 Å². The number of hydroxylamine groups is 2. The second-order valence-corrected chi connectivity index (χ2v) is 8.06. The summed E-state index contributed by atoms with van der Waals surface area (Å²) < 4.78 is 8.81. The molecule has 5 rings (SSSR count). The Hall–Kier alpha value is -2.86. The fourth-order valence-electron chi connectivity index (χ4n) is 4.84. The Labute approximate surface area is 170 Å². The van der Waals surface area contributed by atoms with E-state index in [9.17, 15) is 4.79 Å². The molecule has 1 unspecified atom stereocenters. The zero-order valence-corrected chi connectivity index (χ0v) is 17.3. The van der Waals surface area contributed by atoms with Crippen LogP contribution in [0.3, 0.4) is 0 Å². The summed E-state index contributed by atoms with van der Waals surface area (Å²) >= 11 is 0. The molecule has 3 aromatic rings. The number of hydrogen-bond donors (Lipinski definition) is 0. The van der Waals surface area contributed by atoms with E-state index in [0.717, 1.165) is 53.9 Å². The van der Waals surface area contributed by atoms with Crippen LogP contribution in [0, 0.1) is 6.92 Å². The number of rotatable bonds is 2. The van der Waals surface area contributed by atoms with Crippen molar-refractivity contribution in [2.24, 2.45) is 7.05 Å². The number of benzene rings is 2. The molecule has 1 aromatic heterocycles. The SMILES string of the molecule is CON(C)C(=O)c1cc2c(nc(C)n2C)c2c1CCC1(CCc3ccccc31)O2. The van der Waals surface area contributed by atoms with E-state index >= 15 is 0 Å². The van der Waals surface area contributed by atoms with Gasteiger partial charge in [0.15, 0.2) is 5.75 Å². The molecule has 0 radical (unpaired) electrons. The summed E-state index contributed by atoms with van der Waals surface area (Å²) in [6.45, 7) is 1.97. The number of aryl methyl sites for hydroxylation is 3. The van der Waals surface area contributed by atoms with Crippen LogP contribution in [0.2, 0.25) is 0 Å². The molecule has 6 nitrogen and oxygen atoms in total. The molecule has 1 aliphatic heterocycles. The molecular weight excluding hydrogens is 366 g/mol. The third-order valence-corrected chi connectivity index (χ3v) is 6.63. The molecule has 1 atom stereocenters. The fraction of sp³-hybridized carbons (Fsp3) is 0.391. The maximum Gasteiger partial charge on any atom is 0.277 e. The Morgan fingerprint density at radius 3 is 2.83 bits per heavy atom. The summed E-state index contributed by atoms with van der Waals surface area (Å²) in [5.74, 6) is 1.47. The van der Waals surface area contributed by atoms with Crippen molar-refractivity contribution in [2.75, 3.05) is 14.2 Å². The van der Waals surface area contributed by atoms with E-state index < -0.39 is 0 Å². The highest BCUT2D eigenvalue weighted by Gasteiger charge is 2.45. The Kier molecular flexibility index (Phi) is 3.96. The van der Waals surface area contributed by atoms with E-state index in [1.165, 1.54) is 23.3 Å². The van der Waals surface area contributed by atoms with Crippen molar-refractivity contribution in [3.05, 3.63) is 58.4 Å². The Morgan fingerprint density at radius 1 is 1.28 bits per heavy atom. The monoisotopic (exact) mass is 391 g/mol. The molecule has 1 spiro atoms. The number of amides is 1. The zero-order chi connectivity index (χ0) is 20.3. The molecular formula is C23H25N3O3. The first-order valence-corrected chi connectivity index (χ1v) is 10.0. The summed E-state index contributed by atoms with van der Waals surface area (Å²) in [7, 11) is 5.10. The summed E-state index contributed by atoms with van der Waals surface area (Å²) in [4.78, 5) is 23.0. The predicted molar refractivity (Wildman–Crippen MR) is 110 cm³/mol. The smallest absolute Gasteiger partial charge is 0.277 e. The molecule has 29 heavy (non-hydrogen) atoms. The van der Waals surface area contributed by atoms with Gasteiger partial charge in [0.05, 0.1) is 18.2 Å². The number of imidazole rings is 1. The van der Waals surface area contributed by atoms with Crippen molar-refractivity contribution in [3.63, 3.8) is 0 Å². The van der Waals surface area contributed by atoms with Gasteiger partial charge in [-0.1, -0.05) is 24.3 Å². The van der Waals surface area contributed by atoms with E-state index in [2.05, 4.69) is 24.3 Å². The molecule has 2 aromatic carbocycles. The van der Waals surface area contributed by atoms with Crippen molar-refractivity contribution < 1.29 is 14.4 Å². The second-order valence-electron chi connectivity index (χ2n) is 8.06. The average molecular weight is 391 g/mol. The van der Waals surface area contributed by atoms with E-state index in [-0.39, 0.29) is 11.5 Å². The maximum absolute atomic E-state index is 13.0. The number of carbonyl (C=O) groups excluding carboxylic acids is 1. The van der Waals surface area contributed by atoms with Crippen LogP contribution in [0.1, 0.15) is 45.7 Å². The Morgan fingerprint density at radius 2 is 2.03 bits per heavy atom. The molecule has 0 bridgehead atoms. The Balaban J connectivity index is 1.72. The van der Waals surface area contributed by atoms with Crippen LogP contribution in [-0.2, 0) is 30.3 Å². The second kappa shape index (κ2) is 6.32. The van der Waals surface area contributed by atoms with Crippen LogP contribution in [0.4, 0.5) is 0 Å². The lowest BCUT2D eigenvalue weighted by molar-refractivity contribution is -0.0758. The molecule has 1 amide bonds. The molecule has 2 aliphatic rings. The number of hydrogen-bond acceptors (Lipinski definition) is 4. The van der Waals surface area contributed by atoms with Gasteiger partial charge in [-0.3, -0.25) is 9.63 Å². The van der Waals surface area contributed by atoms with Gasteiger partial charge < -0.3 is 9.30 Å². The van der Waals surface area contributed by atoms with Crippen LogP contribution < -0.4 is 4.74 Å². The van der Waals surface area contributed by atoms with Crippen molar-refractivity contribution in [3.8, 4) is 5.75 Å². The number of aromatic nitrogens is 2. The zero-order valence-electron chi connectivity index (χ0n) is 17.3. The number of carbonyl (C=O) groups is 1. The Bertz CT molecular complexity index is 1150. The minimum Gasteiger partial charge on any atom is -0.480 e. The van der Waals surface area contributed by atoms with Gasteiger partial charge in [-0.25, -0.2) is 10.0 Å². The van der Waals surface area contributed by atoms with Gasteiger partial charge in [0.25, 0.3) is 5.91 Å². The van der Waals surface area contributed by atoms with Gasteiger partial charge in [-0.05, 0) is 49.8 Å². The minimum atomic E-state index is -0.337. The summed E-state index contributed by atoms with van der Waals surface area (Å²) in [5, 5.41) is 1.26. The fourth-order valence-corrected chi connectivity index (χ4v) is 4.84. The minimum absolute atomic E-state index is 0.170. The first-order valence-electron chi connectivity index (χ1n) is 10.0. The molecule has 0 fully saturated rings. The normalized spacial score (nSPS) is 19.9. The van der Waals surface area contributed by atoms with Gasteiger partial charge in [0.1, 0.15) is 16.9 Å². The molecule has 0 N–H and O–H groups in total. The summed E-state index contributed by atoms with van der Waals surface area (Å²) in [5.41, 5.74) is 5.59. The van der Waals surface area contributed by atoms with E-state index in [0.29, 0.717) is 5.56 Å². The van der Waals surface area contributed by atoms with Crippen molar-refractivity contribution >= 4 is 16.9 Å². The lowest BCUT2D eigenvalue weighted by Crippen LogP contribution is -2.36. The molecule has 1 aliphatic carbocycles. The van der Waals surface area contributed by atoms with Crippen LogP contribution in [0.25, 0.3) is 11.0 Å². The van der Waals surface area contributed by atoms with Crippen LogP contribution in [-0.4, -0.2) is 34.7 Å². The molecule has 0 saturated carbocycles. The van der Waals surface area contributed by atoms with Crippen LogP contribution >= 0.6 is 0 Å². The highest BCUT2D eigenvalue weighted by Crippen LogP contribution is 2.50. The first kappa shape index (κ1) is 18.2. The quantitative estimate of drug-likeness (QED) is 0.626. The number of nitrogens with zero attached hydrogens (tertiary/aromatic N) is 3. The number of fused-ring (bicyclic) bond motifs is 5. The first-order chi connectivity index (χ1) is 13.9. The predicted octanol–water partition coefficient (Wildman–Crippen LogP) is 3.68. The van der Waals surface area contributed by atoms with Gasteiger partial charge in [0, 0.05) is 19.7 Å². The molecule has 2 heterocycles. The van der Waals surface area contributed by atoms with Crippen LogP contribution in [0.15, 0.2) is 30.3 Å². The molecule has 150 valence electrons. The molecule has 0 saturated heterocycles. The average Bonchev–Trinajstić information content (AvgIpc) is 3.24. The van der Waals surface area contributed by atoms with Gasteiger partial charge in [0.2, 0.25) is 0 Å². The van der Waals surface area contributed by atoms with Gasteiger partial charge in [-0.15, -0.1) is 0 Å². The maximum atomic E-state index is 13.0. The largest absolute Gasteiger partial charge is 0.480 e. The third kappa shape index (κ3) is 2.52. The van der Waals surface area contributed by atoms with Crippen molar-refractivity contribution in [1.82, 2.24) is 14.6 Å².